The SMILES string of the molecule is O=c1[nH]c(-c2ccccc2)c(-c2ccc([N+](=O)[O-])cc2)o1. The van der Waals surface area contributed by atoms with Gasteiger partial charge in [-0.15, -0.1) is 0 Å². The molecule has 1 N–H and O–H groups in total. The maximum absolute atomic E-state index is 11.5. The summed E-state index contributed by atoms with van der Waals surface area (Å²) in [6.45, 7) is 0. The van der Waals surface area contributed by atoms with Crippen molar-refractivity contribution in [3.05, 3.63) is 75.3 Å². The van der Waals surface area contributed by atoms with E-state index in [4.69, 9.17) is 4.42 Å². The molecule has 0 atom stereocenters. The van der Waals surface area contributed by atoms with Crippen molar-refractivity contribution in [1.29, 1.82) is 0 Å². The van der Waals surface area contributed by atoms with Gasteiger partial charge in [-0.2, -0.15) is 0 Å². The Bertz CT molecular complexity index is 832. The zero-order valence-corrected chi connectivity index (χ0v) is 10.8. The topological polar surface area (TPSA) is 89.1 Å². The van der Waals surface area contributed by atoms with Gasteiger partial charge >= 0.3 is 5.76 Å². The molecule has 0 saturated carbocycles. The van der Waals surface area contributed by atoms with Crippen LogP contribution in [0.25, 0.3) is 22.6 Å². The first-order valence-corrected chi connectivity index (χ1v) is 6.18. The first-order valence-electron chi connectivity index (χ1n) is 6.18. The summed E-state index contributed by atoms with van der Waals surface area (Å²) >= 11 is 0. The standard InChI is InChI=1S/C15H10N2O4/c18-15-16-13(10-4-2-1-3-5-10)14(21-15)11-6-8-12(9-7-11)17(19)20/h1-9H,(H,16,18). The van der Waals surface area contributed by atoms with Crippen molar-refractivity contribution in [3.63, 3.8) is 0 Å². The van der Waals surface area contributed by atoms with Gasteiger partial charge < -0.3 is 4.42 Å². The van der Waals surface area contributed by atoms with Crippen LogP contribution in [0, 0.1) is 10.1 Å². The number of nitrogens with one attached hydrogen (secondary N) is 1. The molecule has 6 nitrogen and oxygen atoms in total. The highest BCUT2D eigenvalue weighted by atomic mass is 16.6. The van der Waals surface area contributed by atoms with Crippen LogP contribution < -0.4 is 5.76 Å². The molecule has 0 amide bonds. The number of nitrogens with zero attached hydrogens (tertiary/aromatic N) is 1. The van der Waals surface area contributed by atoms with Gasteiger partial charge in [0.1, 0.15) is 0 Å². The second-order valence-electron chi connectivity index (χ2n) is 4.39. The fourth-order valence-electron chi connectivity index (χ4n) is 2.07. The Balaban J connectivity index is 2.11. The number of H-pyrrole nitrogens is 1. The molecule has 1 heterocycles. The summed E-state index contributed by atoms with van der Waals surface area (Å²) in [6.07, 6.45) is 0. The molecule has 6 heteroatoms. The smallest absolute Gasteiger partial charge is 0.407 e. The van der Waals surface area contributed by atoms with E-state index in [1.165, 1.54) is 12.1 Å². The fraction of sp³-hybridized carbons (Fsp3) is 0. The van der Waals surface area contributed by atoms with Gasteiger partial charge in [-0.1, -0.05) is 30.3 Å². The molecule has 0 saturated heterocycles. The summed E-state index contributed by atoms with van der Waals surface area (Å²) < 4.78 is 5.17. The highest BCUT2D eigenvalue weighted by Gasteiger charge is 2.15. The molecule has 0 radical (unpaired) electrons. The molecule has 0 unspecified atom stereocenters. The maximum Gasteiger partial charge on any atom is 0.417 e. The molecule has 0 aliphatic carbocycles. The van der Waals surface area contributed by atoms with Gasteiger partial charge in [-0.3, -0.25) is 15.1 Å². The van der Waals surface area contributed by atoms with Crippen LogP contribution in [0.1, 0.15) is 0 Å². The van der Waals surface area contributed by atoms with E-state index in [1.54, 1.807) is 12.1 Å². The van der Waals surface area contributed by atoms with E-state index in [2.05, 4.69) is 4.98 Å². The van der Waals surface area contributed by atoms with Crippen molar-refractivity contribution in [3.8, 4) is 22.6 Å². The first kappa shape index (κ1) is 12.9. The second-order valence-corrected chi connectivity index (χ2v) is 4.39. The average Bonchev–Trinajstić information content (AvgIpc) is 2.90. The van der Waals surface area contributed by atoms with E-state index in [0.29, 0.717) is 17.0 Å². The third-order valence-corrected chi connectivity index (χ3v) is 3.05. The number of aromatic amines is 1. The molecule has 0 bridgehead atoms. The Morgan fingerprint density at radius 1 is 0.952 bits per heavy atom. The van der Waals surface area contributed by atoms with Crippen molar-refractivity contribution in [1.82, 2.24) is 4.98 Å². The number of rotatable bonds is 3. The minimum atomic E-state index is -0.567. The predicted molar refractivity (Wildman–Crippen MR) is 76.9 cm³/mol. The fourth-order valence-corrected chi connectivity index (χ4v) is 2.07. The molecule has 1 aromatic heterocycles. The number of nitro benzene ring substituents is 1. The van der Waals surface area contributed by atoms with Crippen molar-refractivity contribution in [2.45, 2.75) is 0 Å². The van der Waals surface area contributed by atoms with Gasteiger partial charge in [-0.05, 0) is 12.1 Å². The summed E-state index contributed by atoms with van der Waals surface area (Å²) in [5.74, 6) is -0.205. The van der Waals surface area contributed by atoms with Crippen molar-refractivity contribution in [2.75, 3.05) is 0 Å². The monoisotopic (exact) mass is 282 g/mol. The highest BCUT2D eigenvalue weighted by molar-refractivity contribution is 5.76. The normalized spacial score (nSPS) is 10.5. The van der Waals surface area contributed by atoms with Gasteiger partial charge in [0.15, 0.2) is 5.76 Å². The largest absolute Gasteiger partial charge is 0.417 e. The number of oxazole rings is 1. The molecule has 0 spiro atoms. The molecule has 0 aliphatic rings. The molecule has 3 rings (SSSR count). The average molecular weight is 282 g/mol. The molecule has 0 aliphatic heterocycles. The Morgan fingerprint density at radius 3 is 2.24 bits per heavy atom. The summed E-state index contributed by atoms with van der Waals surface area (Å²) in [5.41, 5.74) is 1.93. The second kappa shape index (κ2) is 5.09. The molecule has 0 fully saturated rings. The summed E-state index contributed by atoms with van der Waals surface area (Å²) in [5, 5.41) is 10.7. The zero-order chi connectivity index (χ0) is 14.8. The van der Waals surface area contributed by atoms with Gasteiger partial charge in [0, 0.05) is 23.3 Å². The quantitative estimate of drug-likeness (QED) is 0.590. The molecular formula is C15H10N2O4. The third-order valence-electron chi connectivity index (χ3n) is 3.05. The Kier molecular flexibility index (Phi) is 3.12. The summed E-state index contributed by atoms with van der Waals surface area (Å²) in [7, 11) is 0. The van der Waals surface area contributed by atoms with Gasteiger partial charge in [0.2, 0.25) is 0 Å². The lowest BCUT2D eigenvalue weighted by Gasteiger charge is -2.01. The number of hydrogen-bond donors (Lipinski definition) is 1. The van der Waals surface area contributed by atoms with E-state index in [0.717, 1.165) is 5.56 Å². The van der Waals surface area contributed by atoms with Crippen molar-refractivity contribution < 1.29 is 9.34 Å². The Morgan fingerprint density at radius 2 is 1.62 bits per heavy atom. The van der Waals surface area contributed by atoms with Crippen LogP contribution in [0.3, 0.4) is 0 Å². The van der Waals surface area contributed by atoms with Crippen LogP contribution in [-0.2, 0) is 0 Å². The predicted octanol–water partition coefficient (Wildman–Crippen LogP) is 3.21. The van der Waals surface area contributed by atoms with Crippen LogP contribution in [0.4, 0.5) is 5.69 Å². The lowest BCUT2D eigenvalue weighted by molar-refractivity contribution is -0.384. The Labute approximate surface area is 118 Å². The lowest BCUT2D eigenvalue weighted by Crippen LogP contribution is -1.94. The van der Waals surface area contributed by atoms with Crippen LogP contribution in [0.5, 0.6) is 0 Å². The van der Waals surface area contributed by atoms with Gasteiger partial charge in [-0.25, -0.2) is 4.79 Å². The number of nitro groups is 1. The molecule has 21 heavy (non-hydrogen) atoms. The van der Waals surface area contributed by atoms with Crippen molar-refractivity contribution in [2.24, 2.45) is 0 Å². The lowest BCUT2D eigenvalue weighted by atomic mass is 10.1. The van der Waals surface area contributed by atoms with Crippen LogP contribution in [0.2, 0.25) is 0 Å². The van der Waals surface area contributed by atoms with E-state index >= 15 is 0 Å². The third kappa shape index (κ3) is 2.46. The maximum atomic E-state index is 11.5. The van der Waals surface area contributed by atoms with Gasteiger partial charge in [0.05, 0.1) is 10.6 Å². The molecule has 104 valence electrons. The van der Waals surface area contributed by atoms with Crippen LogP contribution in [-0.4, -0.2) is 9.91 Å². The van der Waals surface area contributed by atoms with E-state index in [9.17, 15) is 14.9 Å². The van der Waals surface area contributed by atoms with E-state index in [-0.39, 0.29) is 5.69 Å². The molecule has 2 aromatic carbocycles. The minimum absolute atomic E-state index is 0.0158. The number of non-ortho nitro benzene ring substituents is 1. The number of hydrogen-bond acceptors (Lipinski definition) is 4. The number of benzene rings is 2. The van der Waals surface area contributed by atoms with E-state index in [1.807, 2.05) is 30.3 Å². The van der Waals surface area contributed by atoms with Crippen LogP contribution in [0.15, 0.2) is 63.8 Å². The van der Waals surface area contributed by atoms with Crippen LogP contribution >= 0.6 is 0 Å². The zero-order valence-electron chi connectivity index (χ0n) is 10.8. The molecule has 3 aromatic rings. The van der Waals surface area contributed by atoms with Crippen molar-refractivity contribution >= 4 is 5.69 Å². The van der Waals surface area contributed by atoms with E-state index < -0.39 is 10.7 Å². The summed E-state index contributed by atoms with van der Waals surface area (Å²) in [4.78, 5) is 24.3. The molecular weight excluding hydrogens is 272 g/mol. The first-order chi connectivity index (χ1) is 10.1. The van der Waals surface area contributed by atoms with Gasteiger partial charge in [0.25, 0.3) is 5.69 Å². The highest BCUT2D eigenvalue weighted by Crippen LogP contribution is 2.30. The number of aromatic nitrogens is 1. The summed E-state index contributed by atoms with van der Waals surface area (Å²) in [6, 6.07) is 15.1. The Hall–Kier alpha value is -3.15. The minimum Gasteiger partial charge on any atom is -0.407 e.